The third-order valence-electron chi connectivity index (χ3n) is 3.86. The maximum atomic E-state index is 3.67. The van der Waals surface area contributed by atoms with Crippen molar-refractivity contribution in [1.29, 1.82) is 0 Å². The second-order valence-corrected chi connectivity index (χ2v) is 5.85. The van der Waals surface area contributed by atoms with Gasteiger partial charge in [-0.3, -0.25) is 0 Å². The van der Waals surface area contributed by atoms with Crippen LogP contribution in [0, 0.1) is 11.8 Å². The number of hydrogen-bond acceptors (Lipinski definition) is 1. The Balaban J connectivity index is 3.81. The van der Waals surface area contributed by atoms with E-state index in [1.165, 1.54) is 51.5 Å². The molecular weight excluding hydrogens is 206 g/mol. The molecule has 0 rings (SSSR count). The highest BCUT2D eigenvalue weighted by atomic mass is 14.9. The summed E-state index contributed by atoms with van der Waals surface area (Å²) in [6.07, 6.45) is 9.68. The van der Waals surface area contributed by atoms with E-state index in [4.69, 9.17) is 0 Å². The van der Waals surface area contributed by atoms with Crippen LogP contribution in [-0.2, 0) is 0 Å². The third kappa shape index (κ3) is 8.65. The molecule has 0 aromatic carbocycles. The lowest BCUT2D eigenvalue weighted by Gasteiger charge is -2.28. The molecule has 0 amide bonds. The summed E-state index contributed by atoms with van der Waals surface area (Å²) in [4.78, 5) is 0. The van der Waals surface area contributed by atoms with Crippen molar-refractivity contribution < 1.29 is 0 Å². The van der Waals surface area contributed by atoms with Crippen molar-refractivity contribution >= 4 is 0 Å². The average Bonchev–Trinajstić information content (AvgIpc) is 2.30. The minimum Gasteiger partial charge on any atom is -0.314 e. The fraction of sp³-hybridized carbons (Fsp3) is 1.00. The Labute approximate surface area is 110 Å². The zero-order valence-electron chi connectivity index (χ0n) is 12.9. The van der Waals surface area contributed by atoms with E-state index in [9.17, 15) is 0 Å². The molecular formula is C16H35N. The van der Waals surface area contributed by atoms with Crippen molar-refractivity contribution in [2.24, 2.45) is 11.8 Å². The molecule has 1 nitrogen and oxygen atoms in total. The molecule has 0 aliphatic carbocycles. The molecule has 1 heteroatoms. The van der Waals surface area contributed by atoms with Gasteiger partial charge >= 0.3 is 0 Å². The van der Waals surface area contributed by atoms with Crippen LogP contribution in [0.3, 0.4) is 0 Å². The predicted molar refractivity (Wildman–Crippen MR) is 79.5 cm³/mol. The largest absolute Gasteiger partial charge is 0.314 e. The van der Waals surface area contributed by atoms with Gasteiger partial charge in [0.1, 0.15) is 0 Å². The van der Waals surface area contributed by atoms with Gasteiger partial charge in [0.05, 0.1) is 0 Å². The highest BCUT2D eigenvalue weighted by molar-refractivity contribution is 4.75. The minimum absolute atomic E-state index is 0.682. The van der Waals surface area contributed by atoms with Crippen LogP contribution in [-0.4, -0.2) is 12.6 Å². The van der Waals surface area contributed by atoms with Crippen LogP contribution in [0.4, 0.5) is 0 Å². The van der Waals surface area contributed by atoms with E-state index in [2.05, 4.69) is 39.9 Å². The van der Waals surface area contributed by atoms with Crippen LogP contribution in [0.5, 0.6) is 0 Å². The van der Waals surface area contributed by atoms with Crippen LogP contribution in [0.1, 0.15) is 79.6 Å². The first-order valence-corrected chi connectivity index (χ1v) is 7.86. The smallest absolute Gasteiger partial charge is 0.00694 e. The first-order valence-electron chi connectivity index (χ1n) is 7.86. The standard InChI is InChI=1S/C16H35N/c1-6-8-9-10-11-12-16(14(3)4)15(5)17-13-7-2/h14-17H,6-13H2,1-5H3. The van der Waals surface area contributed by atoms with Gasteiger partial charge in [0.2, 0.25) is 0 Å². The summed E-state index contributed by atoms with van der Waals surface area (Å²) in [5.74, 6) is 1.66. The molecule has 1 N–H and O–H groups in total. The lowest BCUT2D eigenvalue weighted by atomic mass is 9.84. The quantitative estimate of drug-likeness (QED) is 0.502. The molecule has 17 heavy (non-hydrogen) atoms. The summed E-state index contributed by atoms with van der Waals surface area (Å²) in [5, 5.41) is 3.67. The van der Waals surface area contributed by atoms with E-state index in [0.717, 1.165) is 11.8 Å². The number of nitrogens with one attached hydrogen (secondary N) is 1. The Hall–Kier alpha value is -0.0400. The first-order chi connectivity index (χ1) is 8.13. The predicted octanol–water partition coefficient (Wildman–Crippen LogP) is 5.01. The molecule has 0 bridgehead atoms. The fourth-order valence-electron chi connectivity index (χ4n) is 2.67. The van der Waals surface area contributed by atoms with Crippen molar-refractivity contribution in [2.45, 2.75) is 85.6 Å². The Kier molecular flexibility index (Phi) is 11.0. The Morgan fingerprint density at radius 3 is 2.00 bits per heavy atom. The van der Waals surface area contributed by atoms with Crippen molar-refractivity contribution in [3.63, 3.8) is 0 Å². The number of rotatable bonds is 11. The Bertz CT molecular complexity index is 154. The van der Waals surface area contributed by atoms with Crippen molar-refractivity contribution in [2.75, 3.05) is 6.54 Å². The van der Waals surface area contributed by atoms with Crippen LogP contribution in [0.15, 0.2) is 0 Å². The second-order valence-electron chi connectivity index (χ2n) is 5.85. The molecule has 0 aromatic heterocycles. The molecule has 0 radical (unpaired) electrons. The van der Waals surface area contributed by atoms with E-state index >= 15 is 0 Å². The van der Waals surface area contributed by atoms with Crippen LogP contribution in [0.25, 0.3) is 0 Å². The first kappa shape index (κ1) is 17.0. The maximum absolute atomic E-state index is 3.67. The van der Waals surface area contributed by atoms with Gasteiger partial charge in [0.25, 0.3) is 0 Å². The highest BCUT2D eigenvalue weighted by Gasteiger charge is 2.19. The lowest BCUT2D eigenvalue weighted by Crippen LogP contribution is -2.36. The third-order valence-corrected chi connectivity index (χ3v) is 3.86. The highest BCUT2D eigenvalue weighted by Crippen LogP contribution is 2.22. The van der Waals surface area contributed by atoms with Crippen LogP contribution in [0.2, 0.25) is 0 Å². The molecule has 104 valence electrons. The summed E-state index contributed by atoms with van der Waals surface area (Å²) < 4.78 is 0. The van der Waals surface area contributed by atoms with Crippen molar-refractivity contribution in [3.05, 3.63) is 0 Å². The van der Waals surface area contributed by atoms with E-state index in [-0.39, 0.29) is 0 Å². The molecule has 0 fully saturated rings. The Morgan fingerprint density at radius 1 is 0.824 bits per heavy atom. The van der Waals surface area contributed by atoms with Crippen molar-refractivity contribution in [1.82, 2.24) is 5.32 Å². The monoisotopic (exact) mass is 241 g/mol. The second kappa shape index (κ2) is 11.1. The van der Waals surface area contributed by atoms with Crippen LogP contribution < -0.4 is 5.32 Å². The molecule has 2 unspecified atom stereocenters. The summed E-state index contributed by atoms with van der Waals surface area (Å²) in [6, 6.07) is 0.682. The summed E-state index contributed by atoms with van der Waals surface area (Å²) in [7, 11) is 0. The SMILES string of the molecule is CCCCCCCC(C(C)C)C(C)NCCC. The molecule has 0 aliphatic heterocycles. The van der Waals surface area contributed by atoms with Crippen LogP contribution >= 0.6 is 0 Å². The number of hydrogen-bond donors (Lipinski definition) is 1. The fourth-order valence-corrected chi connectivity index (χ4v) is 2.67. The molecule has 0 saturated heterocycles. The molecule has 0 saturated carbocycles. The normalized spacial score (nSPS) is 15.2. The van der Waals surface area contributed by atoms with E-state index in [1.54, 1.807) is 0 Å². The molecule has 0 heterocycles. The molecule has 2 atom stereocenters. The lowest BCUT2D eigenvalue weighted by molar-refractivity contribution is 0.266. The Morgan fingerprint density at radius 2 is 1.47 bits per heavy atom. The van der Waals surface area contributed by atoms with E-state index in [1.807, 2.05) is 0 Å². The van der Waals surface area contributed by atoms with E-state index in [0.29, 0.717) is 6.04 Å². The van der Waals surface area contributed by atoms with Gasteiger partial charge in [-0.2, -0.15) is 0 Å². The van der Waals surface area contributed by atoms with Gasteiger partial charge in [-0.05, 0) is 38.1 Å². The maximum Gasteiger partial charge on any atom is 0.00694 e. The molecule has 0 aromatic rings. The van der Waals surface area contributed by atoms with Gasteiger partial charge in [0.15, 0.2) is 0 Å². The summed E-state index contributed by atoms with van der Waals surface area (Å²) in [6.45, 7) is 12.8. The van der Waals surface area contributed by atoms with Gasteiger partial charge in [-0.25, -0.2) is 0 Å². The molecule has 0 spiro atoms. The summed E-state index contributed by atoms with van der Waals surface area (Å²) >= 11 is 0. The minimum atomic E-state index is 0.682. The number of unbranched alkanes of at least 4 members (excludes halogenated alkanes) is 4. The zero-order valence-corrected chi connectivity index (χ0v) is 12.9. The zero-order chi connectivity index (χ0) is 13.1. The van der Waals surface area contributed by atoms with E-state index < -0.39 is 0 Å². The van der Waals surface area contributed by atoms with Crippen molar-refractivity contribution in [3.8, 4) is 0 Å². The summed E-state index contributed by atoms with van der Waals surface area (Å²) in [5.41, 5.74) is 0. The van der Waals surface area contributed by atoms with Gasteiger partial charge < -0.3 is 5.32 Å². The van der Waals surface area contributed by atoms with Gasteiger partial charge in [-0.1, -0.05) is 59.8 Å². The molecule has 0 aliphatic rings. The van der Waals surface area contributed by atoms with Gasteiger partial charge in [-0.15, -0.1) is 0 Å². The van der Waals surface area contributed by atoms with Gasteiger partial charge in [0, 0.05) is 6.04 Å². The average molecular weight is 241 g/mol. The topological polar surface area (TPSA) is 12.0 Å².